The van der Waals surface area contributed by atoms with Crippen LogP contribution in [-0.2, 0) is 6.54 Å². The summed E-state index contributed by atoms with van der Waals surface area (Å²) in [6.45, 7) is 4.24. The largest absolute Gasteiger partial charge is 0.313 e. The normalized spacial score (nSPS) is 10.5. The molecule has 1 aromatic carbocycles. The van der Waals surface area contributed by atoms with E-state index in [1.54, 1.807) is 0 Å². The Morgan fingerprint density at radius 3 is 2.71 bits per heavy atom. The fourth-order valence-corrected chi connectivity index (χ4v) is 2.38. The van der Waals surface area contributed by atoms with E-state index in [1.165, 1.54) is 18.4 Å². The van der Waals surface area contributed by atoms with E-state index in [4.69, 9.17) is 0 Å². The lowest BCUT2D eigenvalue weighted by Crippen LogP contribution is -2.14. The molecular formula is C11H15Br2N. The maximum absolute atomic E-state index is 3.55. The molecule has 14 heavy (non-hydrogen) atoms. The predicted molar refractivity (Wildman–Crippen MR) is 68.5 cm³/mol. The van der Waals surface area contributed by atoms with Crippen LogP contribution >= 0.6 is 31.9 Å². The standard InChI is InChI=1S/C11H15Br2N/c1-2-3-6-14-8-9-4-5-10(12)7-11(9)13/h4-5,7,14H,2-3,6,8H2,1H3. The molecule has 78 valence electrons. The molecular weight excluding hydrogens is 306 g/mol. The maximum Gasteiger partial charge on any atom is 0.0231 e. The van der Waals surface area contributed by atoms with Crippen molar-refractivity contribution in [1.29, 1.82) is 0 Å². The zero-order valence-corrected chi connectivity index (χ0v) is 11.5. The summed E-state index contributed by atoms with van der Waals surface area (Å²) < 4.78 is 2.28. The van der Waals surface area contributed by atoms with E-state index in [0.717, 1.165) is 22.0 Å². The average Bonchev–Trinajstić information content (AvgIpc) is 2.15. The zero-order chi connectivity index (χ0) is 10.4. The highest BCUT2D eigenvalue weighted by molar-refractivity contribution is 9.11. The van der Waals surface area contributed by atoms with E-state index in [-0.39, 0.29) is 0 Å². The van der Waals surface area contributed by atoms with Crippen LogP contribution in [0, 0.1) is 0 Å². The van der Waals surface area contributed by atoms with E-state index in [2.05, 4.69) is 62.3 Å². The van der Waals surface area contributed by atoms with Gasteiger partial charge < -0.3 is 5.32 Å². The van der Waals surface area contributed by atoms with Crippen LogP contribution in [0.4, 0.5) is 0 Å². The Kier molecular flexibility index (Phi) is 5.75. The van der Waals surface area contributed by atoms with Crippen LogP contribution in [-0.4, -0.2) is 6.54 Å². The van der Waals surface area contributed by atoms with Gasteiger partial charge in [-0.2, -0.15) is 0 Å². The summed E-state index contributed by atoms with van der Waals surface area (Å²) >= 11 is 6.99. The molecule has 0 aliphatic heterocycles. The minimum atomic E-state index is 0.938. The third-order valence-corrected chi connectivity index (χ3v) is 3.27. The Morgan fingerprint density at radius 1 is 1.29 bits per heavy atom. The first-order valence-electron chi connectivity index (χ1n) is 4.88. The Bertz CT molecular complexity index is 287. The third-order valence-electron chi connectivity index (χ3n) is 2.04. The molecule has 0 heterocycles. The van der Waals surface area contributed by atoms with Crippen LogP contribution in [0.5, 0.6) is 0 Å². The van der Waals surface area contributed by atoms with Gasteiger partial charge in [-0.05, 0) is 30.7 Å². The fourth-order valence-electron chi connectivity index (χ4n) is 1.19. The second kappa shape index (κ2) is 6.59. The first-order chi connectivity index (χ1) is 6.74. The van der Waals surface area contributed by atoms with Gasteiger partial charge >= 0.3 is 0 Å². The molecule has 0 amide bonds. The van der Waals surface area contributed by atoms with Crippen LogP contribution in [0.15, 0.2) is 27.1 Å². The van der Waals surface area contributed by atoms with Gasteiger partial charge in [0.1, 0.15) is 0 Å². The molecule has 0 spiro atoms. The first-order valence-corrected chi connectivity index (χ1v) is 6.47. The fraction of sp³-hybridized carbons (Fsp3) is 0.455. The number of benzene rings is 1. The molecule has 1 nitrogen and oxygen atoms in total. The van der Waals surface area contributed by atoms with Gasteiger partial charge in [0.15, 0.2) is 0 Å². The van der Waals surface area contributed by atoms with E-state index in [0.29, 0.717) is 0 Å². The SMILES string of the molecule is CCCCNCc1ccc(Br)cc1Br. The van der Waals surface area contributed by atoms with Crippen molar-refractivity contribution in [2.45, 2.75) is 26.3 Å². The van der Waals surface area contributed by atoms with E-state index in [1.807, 2.05) is 0 Å². The van der Waals surface area contributed by atoms with Gasteiger partial charge in [-0.25, -0.2) is 0 Å². The second-order valence-electron chi connectivity index (χ2n) is 3.27. The highest BCUT2D eigenvalue weighted by Gasteiger charge is 1.99. The number of hydrogen-bond acceptors (Lipinski definition) is 1. The minimum Gasteiger partial charge on any atom is -0.313 e. The monoisotopic (exact) mass is 319 g/mol. The summed E-state index contributed by atoms with van der Waals surface area (Å²) in [4.78, 5) is 0. The Morgan fingerprint density at radius 2 is 2.07 bits per heavy atom. The molecule has 0 aliphatic carbocycles. The summed E-state index contributed by atoms with van der Waals surface area (Å²) in [7, 11) is 0. The van der Waals surface area contributed by atoms with E-state index < -0.39 is 0 Å². The molecule has 1 aromatic rings. The van der Waals surface area contributed by atoms with Gasteiger partial charge in [0.25, 0.3) is 0 Å². The van der Waals surface area contributed by atoms with Gasteiger partial charge in [0, 0.05) is 15.5 Å². The third kappa shape index (κ3) is 4.11. The molecule has 0 aromatic heterocycles. The Hall–Kier alpha value is 0.140. The predicted octanol–water partition coefficient (Wildman–Crippen LogP) is 4.10. The smallest absolute Gasteiger partial charge is 0.0231 e. The van der Waals surface area contributed by atoms with Crippen molar-refractivity contribution in [1.82, 2.24) is 5.32 Å². The molecule has 0 fully saturated rings. The van der Waals surface area contributed by atoms with Crippen LogP contribution < -0.4 is 5.32 Å². The maximum atomic E-state index is 3.55. The molecule has 0 saturated heterocycles. The van der Waals surface area contributed by atoms with Crippen molar-refractivity contribution >= 4 is 31.9 Å². The highest BCUT2D eigenvalue weighted by Crippen LogP contribution is 2.21. The van der Waals surface area contributed by atoms with Crippen LogP contribution in [0.25, 0.3) is 0 Å². The van der Waals surface area contributed by atoms with Gasteiger partial charge in [-0.3, -0.25) is 0 Å². The summed E-state index contributed by atoms with van der Waals surface area (Å²) in [6.07, 6.45) is 2.49. The number of nitrogens with one attached hydrogen (secondary N) is 1. The van der Waals surface area contributed by atoms with Crippen molar-refractivity contribution in [2.75, 3.05) is 6.54 Å². The summed E-state index contributed by atoms with van der Waals surface area (Å²) in [6, 6.07) is 6.28. The molecule has 1 rings (SSSR count). The molecule has 0 atom stereocenters. The Balaban J connectivity index is 2.42. The van der Waals surface area contributed by atoms with Crippen molar-refractivity contribution in [3.8, 4) is 0 Å². The quantitative estimate of drug-likeness (QED) is 0.805. The zero-order valence-electron chi connectivity index (χ0n) is 8.32. The molecule has 0 radical (unpaired) electrons. The lowest BCUT2D eigenvalue weighted by Gasteiger charge is -2.06. The highest BCUT2D eigenvalue weighted by atomic mass is 79.9. The molecule has 0 saturated carbocycles. The number of rotatable bonds is 5. The van der Waals surface area contributed by atoms with Gasteiger partial charge in [0.2, 0.25) is 0 Å². The van der Waals surface area contributed by atoms with Gasteiger partial charge in [0.05, 0.1) is 0 Å². The minimum absolute atomic E-state index is 0.938. The summed E-state index contributed by atoms with van der Waals surface area (Å²) in [5.41, 5.74) is 1.31. The molecule has 3 heteroatoms. The van der Waals surface area contributed by atoms with Gasteiger partial charge in [-0.15, -0.1) is 0 Å². The van der Waals surface area contributed by atoms with Crippen molar-refractivity contribution in [3.63, 3.8) is 0 Å². The van der Waals surface area contributed by atoms with E-state index in [9.17, 15) is 0 Å². The van der Waals surface area contributed by atoms with Crippen molar-refractivity contribution in [3.05, 3.63) is 32.7 Å². The lowest BCUT2D eigenvalue weighted by molar-refractivity contribution is 0.640. The lowest BCUT2D eigenvalue weighted by atomic mass is 10.2. The number of unbranched alkanes of at least 4 members (excludes halogenated alkanes) is 1. The topological polar surface area (TPSA) is 12.0 Å². The number of halogens is 2. The summed E-state index contributed by atoms with van der Waals surface area (Å²) in [5, 5.41) is 3.42. The Labute approximate surface area is 103 Å². The number of hydrogen-bond donors (Lipinski definition) is 1. The summed E-state index contributed by atoms with van der Waals surface area (Å²) in [5.74, 6) is 0. The first kappa shape index (κ1) is 12.2. The molecule has 0 bridgehead atoms. The van der Waals surface area contributed by atoms with Crippen LogP contribution in [0.3, 0.4) is 0 Å². The second-order valence-corrected chi connectivity index (χ2v) is 5.04. The average molecular weight is 321 g/mol. The van der Waals surface area contributed by atoms with Crippen LogP contribution in [0.2, 0.25) is 0 Å². The van der Waals surface area contributed by atoms with Crippen molar-refractivity contribution < 1.29 is 0 Å². The van der Waals surface area contributed by atoms with Crippen LogP contribution in [0.1, 0.15) is 25.3 Å². The molecule has 1 N–H and O–H groups in total. The van der Waals surface area contributed by atoms with Gasteiger partial charge in [-0.1, -0.05) is 51.3 Å². The molecule has 0 unspecified atom stereocenters. The molecule has 0 aliphatic rings. The van der Waals surface area contributed by atoms with E-state index >= 15 is 0 Å². The van der Waals surface area contributed by atoms with Crippen molar-refractivity contribution in [2.24, 2.45) is 0 Å².